The fourth-order valence-corrected chi connectivity index (χ4v) is 2.15. The number of nitriles is 1. The van der Waals surface area contributed by atoms with Crippen molar-refractivity contribution in [3.8, 4) is 6.07 Å². The van der Waals surface area contributed by atoms with Crippen molar-refractivity contribution in [2.24, 2.45) is 0 Å². The lowest BCUT2D eigenvalue weighted by atomic mass is 10.1. The normalized spacial score (nSPS) is 10.4. The Bertz CT molecular complexity index is 761. The van der Waals surface area contributed by atoms with Crippen LogP contribution in [0.3, 0.4) is 0 Å². The summed E-state index contributed by atoms with van der Waals surface area (Å²) in [5, 5.41) is 20.6. The summed E-state index contributed by atoms with van der Waals surface area (Å²) in [6.07, 6.45) is 3.10. The molecule has 2 aromatic rings. The van der Waals surface area contributed by atoms with Crippen LogP contribution in [-0.2, 0) is 4.79 Å². The highest BCUT2D eigenvalue weighted by Crippen LogP contribution is 2.16. The molecular formula is C19H19N3O2. The number of nitrogens with one attached hydrogen (secondary N) is 1. The van der Waals surface area contributed by atoms with E-state index in [2.05, 4.69) is 11.4 Å². The number of anilines is 2. The van der Waals surface area contributed by atoms with Crippen molar-refractivity contribution in [2.75, 3.05) is 30.4 Å². The van der Waals surface area contributed by atoms with E-state index >= 15 is 0 Å². The first-order valence-corrected chi connectivity index (χ1v) is 7.53. The fourth-order valence-electron chi connectivity index (χ4n) is 2.15. The van der Waals surface area contributed by atoms with Crippen LogP contribution < -0.4 is 10.2 Å². The maximum Gasteiger partial charge on any atom is 0.248 e. The summed E-state index contributed by atoms with van der Waals surface area (Å²) < 4.78 is 0. The molecule has 5 nitrogen and oxygen atoms in total. The van der Waals surface area contributed by atoms with Crippen molar-refractivity contribution in [1.82, 2.24) is 0 Å². The molecule has 0 bridgehead atoms. The van der Waals surface area contributed by atoms with Crippen LogP contribution in [-0.4, -0.2) is 31.2 Å². The fraction of sp³-hybridized carbons (Fsp3) is 0.158. The zero-order chi connectivity index (χ0) is 17.4. The van der Waals surface area contributed by atoms with E-state index in [1.54, 1.807) is 24.3 Å². The third kappa shape index (κ3) is 4.97. The summed E-state index contributed by atoms with van der Waals surface area (Å²) in [5.74, 6) is -0.242. The van der Waals surface area contributed by atoms with Crippen LogP contribution in [0.5, 0.6) is 0 Å². The maximum absolute atomic E-state index is 12.0. The summed E-state index contributed by atoms with van der Waals surface area (Å²) in [6.45, 7) is 0.642. The first kappa shape index (κ1) is 17.3. The van der Waals surface area contributed by atoms with Crippen molar-refractivity contribution in [2.45, 2.75) is 0 Å². The van der Waals surface area contributed by atoms with Crippen LogP contribution >= 0.6 is 0 Å². The summed E-state index contributed by atoms with van der Waals surface area (Å²) in [7, 11) is 1.89. The molecule has 0 aliphatic carbocycles. The molecule has 0 aliphatic heterocycles. The second-order valence-corrected chi connectivity index (χ2v) is 5.25. The minimum atomic E-state index is -0.242. The molecule has 0 unspecified atom stereocenters. The third-order valence-electron chi connectivity index (χ3n) is 3.45. The molecule has 0 saturated carbocycles. The maximum atomic E-state index is 12.0. The molecule has 2 N–H and O–H groups in total. The molecule has 0 radical (unpaired) electrons. The van der Waals surface area contributed by atoms with Crippen molar-refractivity contribution in [1.29, 1.82) is 5.26 Å². The van der Waals surface area contributed by atoms with E-state index in [9.17, 15) is 4.79 Å². The van der Waals surface area contributed by atoms with E-state index < -0.39 is 0 Å². The number of aliphatic hydroxyl groups excluding tert-OH is 1. The minimum Gasteiger partial charge on any atom is -0.395 e. The molecule has 0 spiro atoms. The van der Waals surface area contributed by atoms with Gasteiger partial charge in [-0.25, -0.2) is 0 Å². The van der Waals surface area contributed by atoms with Gasteiger partial charge in [0.2, 0.25) is 5.91 Å². The number of carbonyl (C=O) groups excluding carboxylic acids is 1. The molecule has 0 fully saturated rings. The number of benzene rings is 2. The van der Waals surface area contributed by atoms with E-state index in [1.165, 1.54) is 6.08 Å². The number of aliphatic hydroxyl groups is 1. The van der Waals surface area contributed by atoms with Gasteiger partial charge in [-0.3, -0.25) is 4.79 Å². The molecule has 1 amide bonds. The van der Waals surface area contributed by atoms with Crippen molar-refractivity contribution >= 4 is 23.4 Å². The Hall–Kier alpha value is -3.10. The van der Waals surface area contributed by atoms with Gasteiger partial charge in [-0.1, -0.05) is 12.1 Å². The Kier molecular flexibility index (Phi) is 6.12. The topological polar surface area (TPSA) is 76.4 Å². The van der Waals surface area contributed by atoms with E-state index in [-0.39, 0.29) is 12.5 Å². The van der Waals surface area contributed by atoms with E-state index in [1.807, 2.05) is 42.3 Å². The van der Waals surface area contributed by atoms with Gasteiger partial charge in [0.15, 0.2) is 0 Å². The van der Waals surface area contributed by atoms with Gasteiger partial charge in [-0.15, -0.1) is 0 Å². The lowest BCUT2D eigenvalue weighted by Crippen LogP contribution is -2.20. The van der Waals surface area contributed by atoms with E-state index in [0.29, 0.717) is 17.8 Å². The number of rotatable bonds is 6. The SMILES string of the molecule is CN(CCO)c1ccc(NC(=O)/C=C/c2cccc(C#N)c2)cc1. The minimum absolute atomic E-state index is 0.0901. The smallest absolute Gasteiger partial charge is 0.248 e. The van der Waals surface area contributed by atoms with Crippen molar-refractivity contribution in [3.63, 3.8) is 0 Å². The van der Waals surface area contributed by atoms with Gasteiger partial charge in [0.25, 0.3) is 0 Å². The molecule has 0 aromatic heterocycles. The lowest BCUT2D eigenvalue weighted by Gasteiger charge is -2.18. The monoisotopic (exact) mass is 321 g/mol. The molecule has 5 heteroatoms. The number of hydrogen-bond donors (Lipinski definition) is 2. The Morgan fingerprint density at radius 3 is 2.71 bits per heavy atom. The predicted molar refractivity (Wildman–Crippen MR) is 95.6 cm³/mol. The molecule has 0 saturated heterocycles. The first-order valence-electron chi connectivity index (χ1n) is 7.53. The second kappa shape index (κ2) is 8.51. The van der Waals surface area contributed by atoms with Crippen molar-refractivity contribution < 1.29 is 9.90 Å². The highest BCUT2D eigenvalue weighted by molar-refractivity contribution is 6.02. The summed E-state index contributed by atoms with van der Waals surface area (Å²) >= 11 is 0. The van der Waals surface area contributed by atoms with Gasteiger partial charge in [-0.2, -0.15) is 5.26 Å². The van der Waals surface area contributed by atoms with Gasteiger partial charge >= 0.3 is 0 Å². The van der Waals surface area contributed by atoms with Gasteiger partial charge in [0, 0.05) is 31.0 Å². The number of nitrogens with zero attached hydrogens (tertiary/aromatic N) is 2. The number of carbonyl (C=O) groups is 1. The average Bonchev–Trinajstić information content (AvgIpc) is 2.61. The zero-order valence-corrected chi connectivity index (χ0v) is 13.4. The van der Waals surface area contributed by atoms with Gasteiger partial charge in [0.1, 0.15) is 0 Å². The molecule has 122 valence electrons. The Morgan fingerprint density at radius 1 is 1.29 bits per heavy atom. The van der Waals surface area contributed by atoms with Crippen LogP contribution in [0.2, 0.25) is 0 Å². The Labute approximate surface area is 141 Å². The molecule has 0 atom stereocenters. The predicted octanol–water partition coefficient (Wildman–Crippen LogP) is 2.64. The first-order chi connectivity index (χ1) is 11.6. The van der Waals surface area contributed by atoms with Crippen LogP contribution in [0.25, 0.3) is 6.08 Å². The zero-order valence-electron chi connectivity index (χ0n) is 13.4. The second-order valence-electron chi connectivity index (χ2n) is 5.25. The molecule has 2 aromatic carbocycles. The van der Waals surface area contributed by atoms with Gasteiger partial charge in [-0.05, 0) is 48.0 Å². The van der Waals surface area contributed by atoms with Gasteiger partial charge < -0.3 is 15.3 Å². The molecule has 2 rings (SSSR count). The quantitative estimate of drug-likeness (QED) is 0.802. The molecule has 0 heterocycles. The number of amides is 1. The summed E-state index contributed by atoms with van der Waals surface area (Å²) in [4.78, 5) is 13.9. The standard InChI is InChI=1S/C19H19N3O2/c1-22(11-12-23)18-8-6-17(7-9-18)21-19(24)10-5-15-3-2-4-16(13-15)14-20/h2-10,13,23H,11-12H2,1H3,(H,21,24)/b10-5+. The summed E-state index contributed by atoms with van der Waals surface area (Å²) in [6, 6.07) is 16.5. The Morgan fingerprint density at radius 2 is 2.04 bits per heavy atom. The van der Waals surface area contributed by atoms with Crippen LogP contribution in [0.1, 0.15) is 11.1 Å². The Balaban J connectivity index is 1.96. The molecule has 24 heavy (non-hydrogen) atoms. The summed E-state index contributed by atoms with van der Waals surface area (Å²) in [5.41, 5.74) is 3.01. The molecular weight excluding hydrogens is 302 g/mol. The van der Waals surface area contributed by atoms with Crippen LogP contribution in [0.15, 0.2) is 54.6 Å². The number of hydrogen-bond acceptors (Lipinski definition) is 4. The average molecular weight is 321 g/mol. The molecule has 0 aliphatic rings. The highest BCUT2D eigenvalue weighted by atomic mass is 16.3. The van der Waals surface area contributed by atoms with Crippen molar-refractivity contribution in [3.05, 3.63) is 65.7 Å². The highest BCUT2D eigenvalue weighted by Gasteiger charge is 2.02. The van der Waals surface area contributed by atoms with E-state index in [0.717, 1.165) is 11.3 Å². The van der Waals surface area contributed by atoms with Crippen LogP contribution in [0.4, 0.5) is 11.4 Å². The lowest BCUT2D eigenvalue weighted by molar-refractivity contribution is -0.111. The van der Waals surface area contributed by atoms with Gasteiger partial charge in [0.05, 0.1) is 18.2 Å². The van der Waals surface area contributed by atoms with Crippen LogP contribution in [0, 0.1) is 11.3 Å². The number of likely N-dealkylation sites (N-methyl/N-ethyl adjacent to an activating group) is 1. The van der Waals surface area contributed by atoms with E-state index in [4.69, 9.17) is 10.4 Å². The third-order valence-corrected chi connectivity index (χ3v) is 3.45. The largest absolute Gasteiger partial charge is 0.395 e.